The maximum Gasteiger partial charge on any atom is 0.150 e. The Labute approximate surface area is 107 Å². The fourth-order valence-electron chi connectivity index (χ4n) is 2.79. The summed E-state index contributed by atoms with van der Waals surface area (Å²) in [6.07, 6.45) is 3.45. The molecule has 1 saturated heterocycles. The SMILES string of the molecule is O=S1(=O)CCC(Cc2nc3c([nH]2)CNCC3)CC1. The smallest absolute Gasteiger partial charge is 0.150 e. The van der Waals surface area contributed by atoms with E-state index in [-0.39, 0.29) is 0 Å². The monoisotopic (exact) mass is 269 g/mol. The minimum absolute atomic E-state index is 0.347. The number of hydrogen-bond donors (Lipinski definition) is 2. The molecular formula is C12H19N3O2S. The van der Waals surface area contributed by atoms with E-state index in [1.165, 1.54) is 11.4 Å². The predicted molar refractivity (Wildman–Crippen MR) is 69.1 cm³/mol. The van der Waals surface area contributed by atoms with Crippen molar-refractivity contribution >= 4 is 9.84 Å². The van der Waals surface area contributed by atoms with Crippen molar-refractivity contribution in [3.8, 4) is 0 Å². The van der Waals surface area contributed by atoms with E-state index in [0.29, 0.717) is 17.4 Å². The molecule has 18 heavy (non-hydrogen) atoms. The fraction of sp³-hybridized carbons (Fsp3) is 0.750. The second-order valence-corrected chi connectivity index (χ2v) is 7.64. The minimum Gasteiger partial charge on any atom is -0.345 e. The molecule has 6 heteroatoms. The van der Waals surface area contributed by atoms with Gasteiger partial charge in [-0.05, 0) is 18.8 Å². The summed E-state index contributed by atoms with van der Waals surface area (Å²) < 4.78 is 22.8. The number of aromatic amines is 1. The molecular weight excluding hydrogens is 250 g/mol. The highest BCUT2D eigenvalue weighted by Gasteiger charge is 2.25. The number of aromatic nitrogens is 2. The molecule has 100 valence electrons. The fourth-order valence-corrected chi connectivity index (χ4v) is 4.38. The zero-order valence-corrected chi connectivity index (χ0v) is 11.2. The van der Waals surface area contributed by atoms with E-state index in [9.17, 15) is 8.42 Å². The molecule has 2 aliphatic rings. The summed E-state index contributed by atoms with van der Waals surface area (Å²) in [6, 6.07) is 0. The van der Waals surface area contributed by atoms with Gasteiger partial charge in [0.05, 0.1) is 22.9 Å². The number of nitrogens with one attached hydrogen (secondary N) is 2. The molecule has 0 bridgehead atoms. The van der Waals surface area contributed by atoms with Crippen LogP contribution >= 0.6 is 0 Å². The van der Waals surface area contributed by atoms with Gasteiger partial charge < -0.3 is 10.3 Å². The molecule has 3 heterocycles. The van der Waals surface area contributed by atoms with Crippen LogP contribution in [0.15, 0.2) is 0 Å². The second kappa shape index (κ2) is 4.66. The first-order valence-electron chi connectivity index (χ1n) is 6.60. The van der Waals surface area contributed by atoms with E-state index in [0.717, 1.165) is 44.6 Å². The van der Waals surface area contributed by atoms with Crippen LogP contribution in [-0.4, -0.2) is 36.4 Å². The van der Waals surface area contributed by atoms with Gasteiger partial charge in [-0.3, -0.25) is 0 Å². The molecule has 2 N–H and O–H groups in total. The van der Waals surface area contributed by atoms with E-state index in [4.69, 9.17) is 0 Å². The van der Waals surface area contributed by atoms with Crippen molar-refractivity contribution in [3.05, 3.63) is 17.2 Å². The van der Waals surface area contributed by atoms with Crippen LogP contribution in [0.5, 0.6) is 0 Å². The summed E-state index contributed by atoms with van der Waals surface area (Å²) in [6.45, 7) is 1.88. The van der Waals surface area contributed by atoms with Gasteiger partial charge in [0, 0.05) is 25.9 Å². The van der Waals surface area contributed by atoms with Gasteiger partial charge in [0.15, 0.2) is 0 Å². The van der Waals surface area contributed by atoms with Gasteiger partial charge in [-0.25, -0.2) is 13.4 Å². The van der Waals surface area contributed by atoms with E-state index >= 15 is 0 Å². The van der Waals surface area contributed by atoms with Gasteiger partial charge in [0.1, 0.15) is 15.7 Å². The van der Waals surface area contributed by atoms with E-state index in [2.05, 4.69) is 15.3 Å². The quantitative estimate of drug-likeness (QED) is 0.816. The predicted octanol–water partition coefficient (Wildman–Crippen LogP) is 0.423. The molecule has 3 rings (SSSR count). The lowest BCUT2D eigenvalue weighted by atomic mass is 9.99. The summed E-state index contributed by atoms with van der Waals surface area (Å²) >= 11 is 0. The highest BCUT2D eigenvalue weighted by atomic mass is 32.2. The lowest BCUT2D eigenvalue weighted by molar-refractivity contribution is 0.455. The highest BCUT2D eigenvalue weighted by Crippen LogP contribution is 2.23. The van der Waals surface area contributed by atoms with Crippen LogP contribution in [0.1, 0.15) is 30.1 Å². The molecule has 2 aliphatic heterocycles. The van der Waals surface area contributed by atoms with Crippen LogP contribution in [0.3, 0.4) is 0 Å². The highest BCUT2D eigenvalue weighted by molar-refractivity contribution is 7.91. The molecule has 0 radical (unpaired) electrons. The second-order valence-electron chi connectivity index (χ2n) is 5.33. The molecule has 1 aromatic heterocycles. The number of H-pyrrole nitrogens is 1. The first-order valence-corrected chi connectivity index (χ1v) is 8.42. The number of hydrogen-bond acceptors (Lipinski definition) is 4. The van der Waals surface area contributed by atoms with Crippen LogP contribution in [0, 0.1) is 5.92 Å². The van der Waals surface area contributed by atoms with Crippen molar-refractivity contribution < 1.29 is 8.42 Å². The molecule has 0 spiro atoms. The van der Waals surface area contributed by atoms with Crippen LogP contribution in [-0.2, 0) is 29.2 Å². The average molecular weight is 269 g/mol. The minimum atomic E-state index is -2.75. The first kappa shape index (κ1) is 12.2. The summed E-state index contributed by atoms with van der Waals surface area (Å²) in [5, 5.41) is 3.32. The van der Waals surface area contributed by atoms with E-state index in [1.807, 2.05) is 0 Å². The molecule has 5 nitrogen and oxygen atoms in total. The Kier molecular flexibility index (Phi) is 3.15. The third kappa shape index (κ3) is 2.59. The standard InChI is InChI=1S/C12H19N3O2S/c16-18(17)5-2-9(3-6-18)7-12-14-10-1-4-13-8-11(10)15-12/h9,13H,1-8H2,(H,14,15). The lowest BCUT2D eigenvalue weighted by Crippen LogP contribution is -2.24. The van der Waals surface area contributed by atoms with Crippen molar-refractivity contribution in [2.45, 2.75) is 32.2 Å². The average Bonchev–Trinajstić information content (AvgIpc) is 2.74. The Balaban J connectivity index is 1.65. The van der Waals surface area contributed by atoms with Crippen LogP contribution in [0.2, 0.25) is 0 Å². The Morgan fingerprint density at radius 2 is 2.06 bits per heavy atom. The molecule has 1 aromatic rings. The Hall–Kier alpha value is -0.880. The van der Waals surface area contributed by atoms with Gasteiger partial charge in [0.2, 0.25) is 0 Å². The van der Waals surface area contributed by atoms with Crippen molar-refractivity contribution in [1.29, 1.82) is 0 Å². The van der Waals surface area contributed by atoms with Gasteiger partial charge in [0.25, 0.3) is 0 Å². The van der Waals surface area contributed by atoms with Crippen LogP contribution in [0.25, 0.3) is 0 Å². The van der Waals surface area contributed by atoms with Gasteiger partial charge >= 0.3 is 0 Å². The van der Waals surface area contributed by atoms with Gasteiger partial charge in [-0.15, -0.1) is 0 Å². The summed E-state index contributed by atoms with van der Waals surface area (Å²) in [5.74, 6) is 2.20. The van der Waals surface area contributed by atoms with Crippen molar-refractivity contribution in [1.82, 2.24) is 15.3 Å². The molecule has 0 saturated carbocycles. The topological polar surface area (TPSA) is 74.8 Å². The number of nitrogens with zero attached hydrogens (tertiary/aromatic N) is 1. The number of rotatable bonds is 2. The van der Waals surface area contributed by atoms with Crippen LogP contribution in [0.4, 0.5) is 0 Å². The zero-order valence-electron chi connectivity index (χ0n) is 10.4. The van der Waals surface area contributed by atoms with Crippen molar-refractivity contribution in [2.75, 3.05) is 18.1 Å². The molecule has 1 fully saturated rings. The molecule has 0 aliphatic carbocycles. The maximum atomic E-state index is 11.4. The van der Waals surface area contributed by atoms with E-state index < -0.39 is 9.84 Å². The zero-order chi connectivity index (χ0) is 12.6. The Morgan fingerprint density at radius 3 is 2.78 bits per heavy atom. The third-order valence-corrected chi connectivity index (χ3v) is 5.63. The van der Waals surface area contributed by atoms with Crippen LogP contribution < -0.4 is 5.32 Å². The Morgan fingerprint density at radius 1 is 1.28 bits per heavy atom. The molecule has 0 unspecified atom stereocenters. The first-order chi connectivity index (χ1) is 8.62. The maximum absolute atomic E-state index is 11.4. The third-order valence-electron chi connectivity index (χ3n) is 3.91. The summed E-state index contributed by atoms with van der Waals surface area (Å²) in [7, 11) is -2.75. The number of sulfone groups is 1. The van der Waals surface area contributed by atoms with E-state index in [1.54, 1.807) is 0 Å². The summed E-state index contributed by atoms with van der Waals surface area (Å²) in [4.78, 5) is 8.01. The summed E-state index contributed by atoms with van der Waals surface area (Å²) in [5.41, 5.74) is 2.40. The number of fused-ring (bicyclic) bond motifs is 1. The molecule has 0 atom stereocenters. The van der Waals surface area contributed by atoms with Crippen molar-refractivity contribution in [2.24, 2.45) is 5.92 Å². The lowest BCUT2D eigenvalue weighted by Gasteiger charge is -2.20. The molecule has 0 amide bonds. The van der Waals surface area contributed by atoms with Gasteiger partial charge in [-0.2, -0.15) is 0 Å². The van der Waals surface area contributed by atoms with Crippen molar-refractivity contribution in [3.63, 3.8) is 0 Å². The largest absolute Gasteiger partial charge is 0.345 e. The van der Waals surface area contributed by atoms with Gasteiger partial charge in [-0.1, -0.05) is 0 Å². The Bertz CT molecular complexity index is 498. The number of imidazole rings is 1. The normalized spacial score (nSPS) is 23.8. The molecule has 0 aromatic carbocycles.